The SMILES string of the molecule is Cc1ccc([C]2[C](c3ccccc3)[C](O)[C](c3ccccc3)[C]2c2ccc(C)cc2)cc1.[C-]#[O+].[Ru+].c1ccc(P(c2ccccc2)c2ccccc2)cc1. The van der Waals surface area contributed by atoms with Gasteiger partial charge in [0.1, 0.15) is 6.10 Å². The third kappa shape index (κ3) is 9.50. The Balaban J connectivity index is 0.000000218. The first-order chi connectivity index (χ1) is 26.1. The minimum atomic E-state index is -0.446. The van der Waals surface area contributed by atoms with Crippen molar-refractivity contribution in [2.45, 2.75) is 13.8 Å². The first-order valence-corrected chi connectivity index (χ1v) is 18.9. The third-order valence-electron chi connectivity index (χ3n) is 9.07. The van der Waals surface area contributed by atoms with E-state index in [9.17, 15) is 5.11 Å². The van der Waals surface area contributed by atoms with Crippen LogP contribution in [-0.4, -0.2) is 5.11 Å². The van der Waals surface area contributed by atoms with E-state index in [1.165, 1.54) is 27.0 Å². The van der Waals surface area contributed by atoms with E-state index in [1.807, 2.05) is 36.4 Å². The second kappa shape index (κ2) is 20.1. The van der Waals surface area contributed by atoms with Crippen molar-refractivity contribution in [3.63, 3.8) is 0 Å². The summed E-state index contributed by atoms with van der Waals surface area (Å²) in [6.07, 6.45) is 0.327. The Morgan fingerprint density at radius 1 is 0.352 bits per heavy atom. The fourth-order valence-electron chi connectivity index (χ4n) is 6.58. The molecule has 0 atom stereocenters. The zero-order valence-electron chi connectivity index (χ0n) is 30.2. The van der Waals surface area contributed by atoms with E-state index >= 15 is 0 Å². The minimum Gasteiger partial charge on any atom is -0.0622 e. The Hall–Kier alpha value is -4.71. The molecule has 264 valence electrons. The Bertz CT molecular complexity index is 1940. The molecule has 0 heterocycles. The van der Waals surface area contributed by atoms with E-state index in [0.29, 0.717) is 6.10 Å². The molecule has 2 nitrogen and oxygen atoms in total. The van der Waals surface area contributed by atoms with Gasteiger partial charge in [-0.05, 0) is 59.9 Å². The van der Waals surface area contributed by atoms with E-state index in [2.05, 4.69) is 184 Å². The molecule has 0 aliphatic heterocycles. The van der Waals surface area contributed by atoms with Gasteiger partial charge in [-0.25, -0.2) is 0 Å². The van der Waals surface area contributed by atoms with E-state index in [1.54, 1.807) is 0 Å². The van der Waals surface area contributed by atoms with Gasteiger partial charge in [0.2, 0.25) is 0 Å². The molecule has 54 heavy (non-hydrogen) atoms. The molecule has 0 bridgehead atoms. The van der Waals surface area contributed by atoms with E-state index in [-0.39, 0.29) is 19.5 Å². The molecule has 1 fully saturated rings. The van der Waals surface area contributed by atoms with Gasteiger partial charge >= 0.3 is 30.8 Å². The fourth-order valence-corrected chi connectivity index (χ4v) is 8.89. The molecule has 8 rings (SSSR count). The van der Waals surface area contributed by atoms with Gasteiger partial charge < -0.3 is 5.11 Å². The van der Waals surface area contributed by atoms with Gasteiger partial charge in [-0.3, -0.25) is 0 Å². The van der Waals surface area contributed by atoms with Gasteiger partial charge in [-0.2, -0.15) is 0 Å². The van der Waals surface area contributed by atoms with Crippen molar-refractivity contribution >= 4 is 23.8 Å². The average molecular weight is 805 g/mol. The van der Waals surface area contributed by atoms with Crippen LogP contribution in [0, 0.1) is 50.3 Å². The summed E-state index contributed by atoms with van der Waals surface area (Å²) >= 11 is 0. The summed E-state index contributed by atoms with van der Waals surface area (Å²) in [5, 5.41) is 15.9. The quantitative estimate of drug-likeness (QED) is 0.0741. The van der Waals surface area contributed by atoms with Crippen LogP contribution in [-0.2, 0) is 24.1 Å². The maximum absolute atomic E-state index is 11.7. The summed E-state index contributed by atoms with van der Waals surface area (Å²) in [6, 6.07) is 69.9. The maximum atomic E-state index is 11.7. The molecule has 1 N–H and O–H groups in total. The number of hydrogen-bond donors (Lipinski definition) is 1. The number of hydrogen-bond acceptors (Lipinski definition) is 1. The average Bonchev–Trinajstić information content (AvgIpc) is 3.54. The van der Waals surface area contributed by atoms with Crippen molar-refractivity contribution < 1.29 is 29.2 Å². The van der Waals surface area contributed by atoms with Crippen LogP contribution in [0.1, 0.15) is 33.4 Å². The largest absolute Gasteiger partial charge is 1.00 e. The van der Waals surface area contributed by atoms with Gasteiger partial charge in [0.05, 0.1) is 11.8 Å². The van der Waals surface area contributed by atoms with E-state index in [4.69, 9.17) is 4.65 Å². The van der Waals surface area contributed by atoms with Crippen molar-refractivity contribution in [3.05, 3.63) is 270 Å². The predicted molar refractivity (Wildman–Crippen MR) is 219 cm³/mol. The van der Waals surface area contributed by atoms with Crippen LogP contribution in [0.5, 0.6) is 0 Å². The topological polar surface area (TPSA) is 40.1 Å². The van der Waals surface area contributed by atoms with Crippen molar-refractivity contribution in [1.29, 1.82) is 0 Å². The number of rotatable bonds is 7. The molecule has 4 heteroatoms. The molecule has 1 aliphatic carbocycles. The second-order valence-electron chi connectivity index (χ2n) is 12.7. The smallest absolute Gasteiger partial charge is 0.0622 e. The van der Waals surface area contributed by atoms with Gasteiger partial charge in [-0.1, -0.05) is 211 Å². The van der Waals surface area contributed by atoms with E-state index in [0.717, 1.165) is 45.9 Å². The molecule has 1 aliphatic rings. The molecule has 0 aromatic heterocycles. The Morgan fingerprint density at radius 3 is 0.870 bits per heavy atom. The second-order valence-corrected chi connectivity index (χ2v) is 14.9. The fraction of sp³-hybridized carbons (Fsp3) is 0.0400. The Labute approximate surface area is 335 Å². The Morgan fingerprint density at radius 2 is 0.593 bits per heavy atom. The van der Waals surface area contributed by atoms with Gasteiger partial charge in [0, 0.05) is 11.8 Å². The number of aliphatic hydroxyl groups excluding tert-OH is 1. The van der Waals surface area contributed by atoms with Crippen LogP contribution >= 0.6 is 7.92 Å². The summed E-state index contributed by atoms with van der Waals surface area (Å²) in [6.45, 7) is 8.70. The van der Waals surface area contributed by atoms with Crippen molar-refractivity contribution in [2.75, 3.05) is 0 Å². The van der Waals surface area contributed by atoms with Crippen LogP contribution in [0.4, 0.5) is 0 Å². The monoisotopic (exact) mass is 805 g/mol. The van der Waals surface area contributed by atoms with Gasteiger partial charge in [0.15, 0.2) is 0 Å². The van der Waals surface area contributed by atoms with Crippen LogP contribution in [0.15, 0.2) is 200 Å². The molecule has 0 spiro atoms. The maximum Gasteiger partial charge on any atom is 1.00 e. The first-order valence-electron chi connectivity index (χ1n) is 17.5. The van der Waals surface area contributed by atoms with Crippen molar-refractivity contribution in [1.82, 2.24) is 0 Å². The molecule has 0 saturated heterocycles. The zero-order valence-corrected chi connectivity index (χ0v) is 32.8. The molecule has 6 radical (unpaired) electrons. The number of aliphatic hydroxyl groups is 1. The zero-order chi connectivity index (χ0) is 37.0. The molecule has 1 saturated carbocycles. The summed E-state index contributed by atoms with van der Waals surface area (Å²) in [4.78, 5) is 0. The minimum absolute atomic E-state index is 0. The van der Waals surface area contributed by atoms with Crippen LogP contribution < -0.4 is 15.9 Å². The summed E-state index contributed by atoms with van der Waals surface area (Å²) < 4.78 is 7.50. The molecule has 7 aromatic carbocycles. The molecule has 7 aromatic rings. The van der Waals surface area contributed by atoms with Crippen molar-refractivity contribution in [3.8, 4) is 0 Å². The van der Waals surface area contributed by atoms with Crippen molar-refractivity contribution in [2.24, 2.45) is 0 Å². The van der Waals surface area contributed by atoms with Gasteiger partial charge in [-0.15, -0.1) is 0 Å². The Kier molecular flexibility index (Phi) is 15.1. The summed E-state index contributed by atoms with van der Waals surface area (Å²) in [5.41, 5.74) is 6.65. The third-order valence-corrected chi connectivity index (χ3v) is 11.5. The number of benzene rings is 7. The predicted octanol–water partition coefficient (Wildman–Crippen LogP) is 10.4. The molecule has 0 amide bonds. The first kappa shape index (κ1) is 40.5. The van der Waals surface area contributed by atoms with Crippen LogP contribution in [0.2, 0.25) is 0 Å². The summed E-state index contributed by atoms with van der Waals surface area (Å²) in [5.74, 6) is 3.89. The normalized spacial score (nSPS) is 13.6. The number of aryl methyl sites for hydroxylation is 2. The van der Waals surface area contributed by atoms with Crippen LogP contribution in [0.25, 0.3) is 0 Å². The molecular weight excluding hydrogens is 765 g/mol. The summed E-state index contributed by atoms with van der Waals surface area (Å²) in [7, 11) is -0.446. The van der Waals surface area contributed by atoms with Crippen LogP contribution in [0.3, 0.4) is 0 Å². The van der Waals surface area contributed by atoms with Gasteiger partial charge in [0.25, 0.3) is 0 Å². The molecule has 0 unspecified atom stereocenters. The molecular formula is C50H40O2PRu+. The van der Waals surface area contributed by atoms with E-state index < -0.39 is 7.92 Å². The standard InChI is InChI=1S/C31H25O.C18H15P.CO.Ru/c1-21-13-17-25(18-14-21)27-28(26-19-15-22(2)16-20-26)30(24-11-7-4-8-12-24)31(32)29(27)23-9-5-3-6-10-23;1-4-10-16(11-5-1)19(17-12-6-2-7-13-17)18-14-8-3-9-15-18;1-2;/h3-20,32H,1-2H3;1-15H;;/q;;;+1.